The molecule has 2 aromatic heterocycles. The van der Waals surface area contributed by atoms with Gasteiger partial charge in [0.2, 0.25) is 0 Å². The van der Waals surface area contributed by atoms with E-state index in [9.17, 15) is 4.79 Å². The molecule has 1 N–H and O–H groups in total. The third kappa shape index (κ3) is 2.08. The molecule has 0 unspecified atom stereocenters. The van der Waals surface area contributed by atoms with Gasteiger partial charge in [0.05, 0.1) is 37.0 Å². The van der Waals surface area contributed by atoms with Gasteiger partial charge in [0, 0.05) is 12.5 Å². The summed E-state index contributed by atoms with van der Waals surface area (Å²) in [6.45, 7) is 5.10. The first-order valence-electron chi connectivity index (χ1n) is 6.39. The van der Waals surface area contributed by atoms with Crippen LogP contribution < -0.4 is 5.56 Å². The van der Waals surface area contributed by atoms with Crippen molar-refractivity contribution in [2.24, 2.45) is 0 Å². The van der Waals surface area contributed by atoms with Gasteiger partial charge in [0.15, 0.2) is 5.82 Å². The molecule has 0 saturated heterocycles. The summed E-state index contributed by atoms with van der Waals surface area (Å²) in [6, 6.07) is 0.266. The monoisotopic (exact) mass is 260 g/mol. The zero-order chi connectivity index (χ0) is 13.4. The second-order valence-electron chi connectivity index (χ2n) is 4.92. The lowest BCUT2D eigenvalue weighted by molar-refractivity contribution is 0.108. The van der Waals surface area contributed by atoms with E-state index < -0.39 is 0 Å². The summed E-state index contributed by atoms with van der Waals surface area (Å²) >= 11 is 0. The summed E-state index contributed by atoms with van der Waals surface area (Å²) in [5.74, 6) is 0.580. The molecular weight excluding hydrogens is 244 g/mol. The molecule has 6 heteroatoms. The van der Waals surface area contributed by atoms with Gasteiger partial charge in [-0.3, -0.25) is 4.79 Å². The lowest BCUT2D eigenvalue weighted by Crippen LogP contribution is -2.24. The number of rotatable bonds is 2. The summed E-state index contributed by atoms with van der Waals surface area (Å²) in [5, 5.41) is 0. The van der Waals surface area contributed by atoms with Gasteiger partial charge in [-0.15, -0.1) is 0 Å². The summed E-state index contributed by atoms with van der Waals surface area (Å²) in [7, 11) is 0. The van der Waals surface area contributed by atoms with Crippen LogP contribution in [0.5, 0.6) is 0 Å². The van der Waals surface area contributed by atoms with Crippen LogP contribution in [0.2, 0.25) is 0 Å². The maximum atomic E-state index is 12.1. The highest BCUT2D eigenvalue weighted by molar-refractivity contribution is 5.49. The van der Waals surface area contributed by atoms with Crippen LogP contribution >= 0.6 is 0 Å². The van der Waals surface area contributed by atoms with Crippen molar-refractivity contribution in [3.8, 4) is 11.5 Å². The molecule has 0 spiro atoms. The summed E-state index contributed by atoms with van der Waals surface area (Å²) in [4.78, 5) is 23.6. The predicted molar refractivity (Wildman–Crippen MR) is 69.8 cm³/mol. The number of hydrogen-bond acceptors (Lipinski definition) is 4. The summed E-state index contributed by atoms with van der Waals surface area (Å²) < 4.78 is 7.28. The van der Waals surface area contributed by atoms with Gasteiger partial charge in [-0.05, 0) is 13.8 Å². The predicted octanol–water partition coefficient (Wildman–Crippen LogP) is 1.29. The maximum absolute atomic E-state index is 12.1. The summed E-state index contributed by atoms with van der Waals surface area (Å²) in [5.41, 5.74) is 2.20. The molecular formula is C13H16N4O2. The lowest BCUT2D eigenvalue weighted by Gasteiger charge is -2.16. The zero-order valence-electron chi connectivity index (χ0n) is 11.0. The van der Waals surface area contributed by atoms with Gasteiger partial charge in [0.1, 0.15) is 5.69 Å². The number of ether oxygens (including phenoxy) is 1. The Morgan fingerprint density at radius 1 is 1.47 bits per heavy atom. The third-order valence-corrected chi connectivity index (χ3v) is 3.30. The third-order valence-electron chi connectivity index (χ3n) is 3.30. The number of H-pyrrole nitrogens is 1. The van der Waals surface area contributed by atoms with E-state index in [1.807, 2.05) is 4.57 Å². The molecule has 0 aromatic carbocycles. The molecule has 6 nitrogen and oxygen atoms in total. The second kappa shape index (κ2) is 4.62. The largest absolute Gasteiger partial charge is 0.376 e. The Balaban J connectivity index is 2.13. The van der Waals surface area contributed by atoms with Crippen LogP contribution in [0.4, 0.5) is 0 Å². The molecule has 0 radical (unpaired) electrons. The van der Waals surface area contributed by atoms with E-state index in [1.54, 1.807) is 12.5 Å². The molecule has 0 bridgehead atoms. The van der Waals surface area contributed by atoms with E-state index in [0.29, 0.717) is 31.0 Å². The molecule has 3 rings (SSSR count). The van der Waals surface area contributed by atoms with Gasteiger partial charge < -0.3 is 14.3 Å². The minimum atomic E-state index is -0.115. The van der Waals surface area contributed by atoms with Crippen molar-refractivity contribution in [2.45, 2.75) is 32.9 Å². The summed E-state index contributed by atoms with van der Waals surface area (Å²) in [6.07, 6.45) is 4.16. The Labute approximate surface area is 110 Å². The normalized spacial score (nSPS) is 14.7. The highest BCUT2D eigenvalue weighted by atomic mass is 16.5. The van der Waals surface area contributed by atoms with Crippen molar-refractivity contribution in [3.05, 3.63) is 34.1 Å². The zero-order valence-corrected chi connectivity index (χ0v) is 11.0. The minimum absolute atomic E-state index is 0.115. The molecule has 3 heterocycles. The van der Waals surface area contributed by atoms with Crippen molar-refractivity contribution < 1.29 is 4.74 Å². The number of nitrogens with zero attached hydrogens (tertiary/aromatic N) is 3. The van der Waals surface area contributed by atoms with Crippen LogP contribution in [0, 0.1) is 0 Å². The minimum Gasteiger partial charge on any atom is -0.376 e. The molecule has 2 aromatic rings. The Hall–Kier alpha value is -1.95. The van der Waals surface area contributed by atoms with Crippen molar-refractivity contribution in [2.75, 3.05) is 6.61 Å². The fraction of sp³-hybridized carbons (Fsp3) is 0.462. The fourth-order valence-corrected chi connectivity index (χ4v) is 2.26. The Morgan fingerprint density at radius 3 is 3.11 bits per heavy atom. The maximum Gasteiger partial charge on any atom is 0.256 e. The molecule has 100 valence electrons. The van der Waals surface area contributed by atoms with E-state index in [4.69, 9.17) is 4.74 Å². The highest BCUT2D eigenvalue weighted by Gasteiger charge is 2.18. The second-order valence-corrected chi connectivity index (χ2v) is 4.92. The number of fused-ring (bicyclic) bond motifs is 1. The van der Waals surface area contributed by atoms with E-state index in [-0.39, 0.29) is 11.6 Å². The first kappa shape index (κ1) is 12.1. The van der Waals surface area contributed by atoms with Crippen molar-refractivity contribution in [1.29, 1.82) is 0 Å². The van der Waals surface area contributed by atoms with E-state index in [1.165, 1.54) is 0 Å². The highest BCUT2D eigenvalue weighted by Crippen LogP contribution is 2.20. The van der Waals surface area contributed by atoms with Gasteiger partial charge >= 0.3 is 0 Å². The van der Waals surface area contributed by atoms with E-state index in [0.717, 1.165) is 11.4 Å². The van der Waals surface area contributed by atoms with Crippen LogP contribution in [0.1, 0.15) is 31.1 Å². The Kier molecular flexibility index (Phi) is 2.94. The number of hydrogen-bond donors (Lipinski definition) is 1. The standard InChI is InChI=1S/C13H16N4O2/c1-8(2)17-7-14-5-11(17)12-15-10-3-4-19-6-9(10)13(18)16-12/h5,7-8H,3-4,6H2,1-2H3,(H,15,16,18). The number of imidazole rings is 1. The average Bonchev–Trinajstić information content (AvgIpc) is 2.88. The van der Waals surface area contributed by atoms with Crippen molar-refractivity contribution >= 4 is 0 Å². The fourth-order valence-electron chi connectivity index (χ4n) is 2.26. The quantitative estimate of drug-likeness (QED) is 0.883. The molecule has 1 aliphatic heterocycles. The number of aromatic amines is 1. The van der Waals surface area contributed by atoms with Crippen molar-refractivity contribution in [1.82, 2.24) is 19.5 Å². The molecule has 0 atom stereocenters. The van der Waals surface area contributed by atoms with Gasteiger partial charge in [0.25, 0.3) is 5.56 Å². The first-order valence-corrected chi connectivity index (χ1v) is 6.39. The van der Waals surface area contributed by atoms with Gasteiger partial charge in [-0.25, -0.2) is 9.97 Å². The lowest BCUT2D eigenvalue weighted by atomic mass is 10.1. The molecule has 19 heavy (non-hydrogen) atoms. The van der Waals surface area contributed by atoms with Crippen LogP contribution in [-0.4, -0.2) is 26.1 Å². The van der Waals surface area contributed by atoms with Gasteiger partial charge in [-0.1, -0.05) is 0 Å². The molecule has 0 amide bonds. The first-order chi connectivity index (χ1) is 9.16. The molecule has 0 fully saturated rings. The topological polar surface area (TPSA) is 72.8 Å². The van der Waals surface area contributed by atoms with E-state index in [2.05, 4.69) is 28.8 Å². The average molecular weight is 260 g/mol. The van der Waals surface area contributed by atoms with Crippen LogP contribution in [0.3, 0.4) is 0 Å². The SMILES string of the molecule is CC(C)n1cncc1-c1nc2c(c(=O)[nH]1)COCC2. The number of nitrogens with one attached hydrogen (secondary N) is 1. The van der Waals surface area contributed by atoms with Crippen LogP contribution in [0.15, 0.2) is 17.3 Å². The Bertz CT molecular complexity index is 657. The molecule has 0 aliphatic carbocycles. The smallest absolute Gasteiger partial charge is 0.256 e. The molecule has 0 saturated carbocycles. The van der Waals surface area contributed by atoms with Crippen LogP contribution in [-0.2, 0) is 17.8 Å². The van der Waals surface area contributed by atoms with Gasteiger partial charge in [-0.2, -0.15) is 0 Å². The Morgan fingerprint density at radius 2 is 2.32 bits per heavy atom. The van der Waals surface area contributed by atoms with Crippen molar-refractivity contribution in [3.63, 3.8) is 0 Å². The van der Waals surface area contributed by atoms with E-state index >= 15 is 0 Å². The van der Waals surface area contributed by atoms with Crippen LogP contribution in [0.25, 0.3) is 11.5 Å². The molecule has 1 aliphatic rings. The number of aromatic nitrogens is 4.